The molecule has 0 fully saturated rings. The van der Waals surface area contributed by atoms with Crippen molar-refractivity contribution in [1.82, 2.24) is 0 Å². The number of terminal acetylenes is 1. The van der Waals surface area contributed by atoms with Gasteiger partial charge >= 0.3 is 0 Å². The zero-order valence-electron chi connectivity index (χ0n) is 13.1. The highest BCUT2D eigenvalue weighted by Crippen LogP contribution is 2.09. The van der Waals surface area contributed by atoms with E-state index in [1.54, 1.807) is 0 Å². The molecule has 3 rings (SSSR count). The van der Waals surface area contributed by atoms with Crippen molar-refractivity contribution in [3.8, 4) is 36.0 Å². The van der Waals surface area contributed by atoms with E-state index in [2.05, 4.69) is 29.6 Å². The Kier molecular flexibility index (Phi) is 4.80. The van der Waals surface area contributed by atoms with Gasteiger partial charge in [0.05, 0.1) is 0 Å². The van der Waals surface area contributed by atoms with Crippen molar-refractivity contribution < 1.29 is 0 Å². The van der Waals surface area contributed by atoms with E-state index in [-0.39, 0.29) is 0 Å². The lowest BCUT2D eigenvalue weighted by atomic mass is 10.1. The largest absolute Gasteiger partial charge is 0.115 e. The standard InChI is InChI=1S/C24H14/c1-2-21-12-6-7-13-22(21)18-19-24-15-9-8-14-23(24)17-16-20-10-4-3-5-11-20/h1,3-15H. The highest BCUT2D eigenvalue weighted by atomic mass is 14.0. The Hall–Kier alpha value is -3.66. The molecule has 3 aromatic carbocycles. The van der Waals surface area contributed by atoms with E-state index in [9.17, 15) is 0 Å². The van der Waals surface area contributed by atoms with Crippen LogP contribution in [0.4, 0.5) is 0 Å². The van der Waals surface area contributed by atoms with Gasteiger partial charge in [0.15, 0.2) is 0 Å². The summed E-state index contributed by atoms with van der Waals surface area (Å²) < 4.78 is 0. The molecule has 0 amide bonds. The minimum Gasteiger partial charge on any atom is -0.115 e. The van der Waals surface area contributed by atoms with Crippen LogP contribution < -0.4 is 0 Å². The van der Waals surface area contributed by atoms with Crippen LogP contribution >= 0.6 is 0 Å². The monoisotopic (exact) mass is 302 g/mol. The predicted octanol–water partition coefficient (Wildman–Crippen LogP) is 4.47. The van der Waals surface area contributed by atoms with Crippen molar-refractivity contribution >= 4 is 0 Å². The van der Waals surface area contributed by atoms with Crippen LogP contribution in [0.1, 0.15) is 27.8 Å². The molecule has 0 saturated carbocycles. The van der Waals surface area contributed by atoms with E-state index >= 15 is 0 Å². The van der Waals surface area contributed by atoms with E-state index in [0.29, 0.717) is 0 Å². The number of hydrogen-bond acceptors (Lipinski definition) is 0. The lowest BCUT2D eigenvalue weighted by Gasteiger charge is -1.97. The second kappa shape index (κ2) is 7.56. The normalized spacial score (nSPS) is 8.96. The van der Waals surface area contributed by atoms with Gasteiger partial charge in [-0.1, -0.05) is 72.1 Å². The maximum atomic E-state index is 5.52. The van der Waals surface area contributed by atoms with Gasteiger partial charge in [-0.05, 0) is 36.4 Å². The SMILES string of the molecule is C#Cc1ccccc1C#Cc1ccccc1C#Cc1ccccc1. The van der Waals surface area contributed by atoms with Crippen molar-refractivity contribution in [2.75, 3.05) is 0 Å². The fraction of sp³-hybridized carbons (Fsp3) is 0. The van der Waals surface area contributed by atoms with Crippen LogP contribution in [0.3, 0.4) is 0 Å². The van der Waals surface area contributed by atoms with Gasteiger partial charge in [-0.3, -0.25) is 0 Å². The quantitative estimate of drug-likeness (QED) is 0.538. The van der Waals surface area contributed by atoms with Crippen LogP contribution in [-0.2, 0) is 0 Å². The minimum absolute atomic E-state index is 0.804. The average molecular weight is 302 g/mol. The summed E-state index contributed by atoms with van der Waals surface area (Å²) in [5.41, 5.74) is 4.45. The first-order valence-electron chi connectivity index (χ1n) is 7.60. The highest BCUT2D eigenvalue weighted by Gasteiger charge is 1.97. The average Bonchev–Trinajstić information content (AvgIpc) is 2.66. The predicted molar refractivity (Wildman–Crippen MR) is 99.2 cm³/mol. The molecule has 0 heterocycles. The summed E-state index contributed by atoms with van der Waals surface area (Å²) in [6, 6.07) is 25.5. The summed E-state index contributed by atoms with van der Waals surface area (Å²) in [4.78, 5) is 0. The summed E-state index contributed by atoms with van der Waals surface area (Å²) in [5, 5.41) is 0. The molecule has 24 heavy (non-hydrogen) atoms. The third-order valence-corrected chi connectivity index (χ3v) is 3.46. The third kappa shape index (κ3) is 3.75. The topological polar surface area (TPSA) is 0 Å². The number of hydrogen-bond donors (Lipinski definition) is 0. The molecule has 0 aliphatic carbocycles. The molecule has 0 atom stereocenters. The summed E-state index contributed by atoms with van der Waals surface area (Å²) >= 11 is 0. The number of rotatable bonds is 0. The zero-order valence-corrected chi connectivity index (χ0v) is 13.1. The van der Waals surface area contributed by atoms with Crippen LogP contribution in [0.5, 0.6) is 0 Å². The van der Waals surface area contributed by atoms with Crippen molar-refractivity contribution in [3.05, 3.63) is 107 Å². The molecule has 0 unspecified atom stereocenters. The van der Waals surface area contributed by atoms with E-state index in [1.807, 2.05) is 78.9 Å². The summed E-state index contributed by atoms with van der Waals surface area (Å²) in [7, 11) is 0. The molecule has 0 heteroatoms. The molecule has 0 nitrogen and oxygen atoms in total. The van der Waals surface area contributed by atoms with Crippen molar-refractivity contribution in [3.63, 3.8) is 0 Å². The van der Waals surface area contributed by atoms with Crippen molar-refractivity contribution in [2.24, 2.45) is 0 Å². The van der Waals surface area contributed by atoms with E-state index in [1.165, 1.54) is 0 Å². The molecule has 110 valence electrons. The maximum absolute atomic E-state index is 5.52. The molecular weight excluding hydrogens is 288 g/mol. The van der Waals surface area contributed by atoms with Crippen molar-refractivity contribution in [2.45, 2.75) is 0 Å². The number of benzene rings is 3. The molecule has 0 N–H and O–H groups in total. The lowest BCUT2D eigenvalue weighted by molar-refractivity contribution is 1.56. The van der Waals surface area contributed by atoms with Gasteiger partial charge in [-0.25, -0.2) is 0 Å². The van der Waals surface area contributed by atoms with Crippen LogP contribution in [0, 0.1) is 36.0 Å². The van der Waals surface area contributed by atoms with Gasteiger partial charge in [-0.2, -0.15) is 0 Å². The summed E-state index contributed by atoms with van der Waals surface area (Å²) in [6.07, 6.45) is 5.52. The van der Waals surface area contributed by atoms with E-state index in [0.717, 1.165) is 27.8 Å². The van der Waals surface area contributed by atoms with E-state index < -0.39 is 0 Å². The second-order valence-corrected chi connectivity index (χ2v) is 5.10. The summed E-state index contributed by atoms with van der Waals surface area (Å²) in [5.74, 6) is 15.4. The highest BCUT2D eigenvalue weighted by molar-refractivity contribution is 5.56. The Morgan fingerprint density at radius 3 is 1.42 bits per heavy atom. The van der Waals surface area contributed by atoms with Gasteiger partial charge in [0.1, 0.15) is 0 Å². The smallest absolute Gasteiger partial charge is 0.0405 e. The first kappa shape index (κ1) is 15.2. The Bertz CT molecular complexity index is 1010. The van der Waals surface area contributed by atoms with Crippen molar-refractivity contribution in [1.29, 1.82) is 0 Å². The Morgan fingerprint density at radius 1 is 0.458 bits per heavy atom. The van der Waals surface area contributed by atoms with Gasteiger partial charge in [-0.15, -0.1) is 6.42 Å². The van der Waals surface area contributed by atoms with E-state index in [4.69, 9.17) is 6.42 Å². The van der Waals surface area contributed by atoms with Crippen LogP contribution in [0.15, 0.2) is 78.9 Å². The fourth-order valence-electron chi connectivity index (χ4n) is 2.21. The summed E-state index contributed by atoms with van der Waals surface area (Å²) in [6.45, 7) is 0. The Balaban J connectivity index is 1.96. The molecule has 0 spiro atoms. The van der Waals surface area contributed by atoms with Gasteiger partial charge in [0, 0.05) is 27.8 Å². The molecule has 0 saturated heterocycles. The zero-order chi connectivity index (χ0) is 16.6. The third-order valence-electron chi connectivity index (χ3n) is 3.46. The maximum Gasteiger partial charge on any atom is 0.0405 e. The molecule has 0 radical (unpaired) electrons. The molecule has 0 bridgehead atoms. The van der Waals surface area contributed by atoms with Crippen LogP contribution in [0.25, 0.3) is 0 Å². The molecule has 0 aliphatic rings. The minimum atomic E-state index is 0.804. The molecule has 3 aromatic rings. The first-order chi connectivity index (χ1) is 11.9. The Morgan fingerprint density at radius 2 is 0.875 bits per heavy atom. The van der Waals surface area contributed by atoms with Crippen LogP contribution in [0.2, 0.25) is 0 Å². The van der Waals surface area contributed by atoms with Gasteiger partial charge in [0.2, 0.25) is 0 Å². The lowest BCUT2D eigenvalue weighted by Crippen LogP contribution is -1.85. The van der Waals surface area contributed by atoms with Gasteiger partial charge < -0.3 is 0 Å². The molecular formula is C24H14. The second-order valence-electron chi connectivity index (χ2n) is 5.10. The van der Waals surface area contributed by atoms with Gasteiger partial charge in [0.25, 0.3) is 0 Å². The van der Waals surface area contributed by atoms with Crippen LogP contribution in [-0.4, -0.2) is 0 Å². The first-order valence-corrected chi connectivity index (χ1v) is 7.60. The molecule has 0 aliphatic heterocycles. The Labute approximate surface area is 143 Å². The molecule has 0 aromatic heterocycles. The fourth-order valence-corrected chi connectivity index (χ4v) is 2.21.